The third-order valence-electron chi connectivity index (χ3n) is 5.43. The highest BCUT2D eigenvalue weighted by Gasteiger charge is 2.23. The largest absolute Gasteiger partial charge is 0.383 e. The van der Waals surface area contributed by atoms with Crippen molar-refractivity contribution in [3.63, 3.8) is 0 Å². The molecule has 1 aliphatic rings. The molecule has 1 fully saturated rings. The lowest BCUT2D eigenvalue weighted by atomic mass is 9.91. The Morgan fingerprint density at radius 3 is 2.61 bits per heavy atom. The van der Waals surface area contributed by atoms with Gasteiger partial charge in [-0.1, -0.05) is 12.1 Å². The Balaban J connectivity index is 1.29. The number of nitrogens with zero attached hydrogens (tertiary/aromatic N) is 4. The molecule has 0 unspecified atom stereocenters. The summed E-state index contributed by atoms with van der Waals surface area (Å²) in [5.74, 6) is 0.625. The van der Waals surface area contributed by atoms with Crippen molar-refractivity contribution in [1.29, 1.82) is 0 Å². The number of urea groups is 1. The Labute approximate surface area is 179 Å². The number of carbonyl (C=O) groups is 1. The molecule has 0 radical (unpaired) electrons. The van der Waals surface area contributed by atoms with Gasteiger partial charge in [0.1, 0.15) is 11.6 Å². The van der Waals surface area contributed by atoms with E-state index < -0.39 is 11.8 Å². The topological polar surface area (TPSA) is 123 Å². The lowest BCUT2D eigenvalue weighted by Gasteiger charge is -2.29. The van der Waals surface area contributed by atoms with E-state index in [-0.39, 0.29) is 17.8 Å². The number of halogens is 1. The number of nitrogen functional groups attached to an aromatic ring is 1. The van der Waals surface area contributed by atoms with Crippen LogP contribution in [-0.4, -0.2) is 37.9 Å². The number of hydrogen-bond acceptors (Lipinski definition) is 6. The molecule has 1 aromatic carbocycles. The van der Waals surface area contributed by atoms with E-state index in [4.69, 9.17) is 5.73 Å². The number of carbonyl (C=O) groups excluding carboxylic acids is 1. The summed E-state index contributed by atoms with van der Waals surface area (Å²) in [6, 6.07) is 7.74. The molecule has 10 heteroatoms. The van der Waals surface area contributed by atoms with E-state index in [2.05, 4.69) is 31.0 Å². The second kappa shape index (κ2) is 8.99. The van der Waals surface area contributed by atoms with Gasteiger partial charge < -0.3 is 21.7 Å². The predicted molar refractivity (Wildman–Crippen MR) is 117 cm³/mol. The third kappa shape index (κ3) is 4.90. The highest BCUT2D eigenvalue weighted by atomic mass is 19.1. The highest BCUT2D eigenvalue weighted by molar-refractivity contribution is 5.89. The molecule has 5 N–H and O–H groups in total. The molecule has 1 saturated carbocycles. The van der Waals surface area contributed by atoms with Gasteiger partial charge in [0.15, 0.2) is 0 Å². The summed E-state index contributed by atoms with van der Waals surface area (Å²) in [7, 11) is 1.78. The molecular formula is C21H25FN8O. The van der Waals surface area contributed by atoms with Gasteiger partial charge in [0.05, 0.1) is 23.1 Å². The van der Waals surface area contributed by atoms with Crippen LogP contribution in [0.25, 0.3) is 11.3 Å². The first-order chi connectivity index (χ1) is 15.0. The summed E-state index contributed by atoms with van der Waals surface area (Å²) in [5, 5.41) is 13.0. The molecule has 2 aromatic heterocycles. The lowest BCUT2D eigenvalue weighted by molar-refractivity contribution is 0.243. The summed E-state index contributed by atoms with van der Waals surface area (Å²) in [5.41, 5.74) is 7.69. The van der Waals surface area contributed by atoms with E-state index in [1.807, 2.05) is 0 Å². The van der Waals surface area contributed by atoms with E-state index in [0.29, 0.717) is 17.5 Å². The first-order valence-corrected chi connectivity index (χ1v) is 10.2. The van der Waals surface area contributed by atoms with Crippen molar-refractivity contribution in [2.24, 2.45) is 7.05 Å². The Morgan fingerprint density at radius 2 is 1.90 bits per heavy atom. The number of amides is 2. The molecule has 0 bridgehead atoms. The maximum atomic E-state index is 13.7. The zero-order valence-corrected chi connectivity index (χ0v) is 17.2. The van der Waals surface area contributed by atoms with Crippen LogP contribution in [-0.2, 0) is 7.05 Å². The van der Waals surface area contributed by atoms with Crippen LogP contribution in [0.2, 0.25) is 0 Å². The van der Waals surface area contributed by atoms with E-state index >= 15 is 0 Å². The van der Waals surface area contributed by atoms with Crippen LogP contribution < -0.4 is 21.7 Å². The van der Waals surface area contributed by atoms with Crippen LogP contribution in [0.3, 0.4) is 0 Å². The van der Waals surface area contributed by atoms with E-state index in [0.717, 1.165) is 31.2 Å². The Hall–Kier alpha value is -3.69. The molecule has 2 amide bonds. The van der Waals surface area contributed by atoms with Gasteiger partial charge in [0.2, 0.25) is 5.95 Å². The molecule has 4 rings (SSSR count). The average molecular weight is 424 g/mol. The summed E-state index contributed by atoms with van der Waals surface area (Å²) in [4.78, 5) is 21.0. The minimum atomic E-state index is -0.458. The van der Waals surface area contributed by atoms with Crippen LogP contribution in [0.1, 0.15) is 25.7 Å². The molecule has 162 valence electrons. The fourth-order valence-electron chi connectivity index (χ4n) is 3.69. The third-order valence-corrected chi connectivity index (χ3v) is 5.43. The molecule has 0 atom stereocenters. The molecular weight excluding hydrogens is 399 g/mol. The molecule has 3 aromatic rings. The van der Waals surface area contributed by atoms with Crippen molar-refractivity contribution in [3.8, 4) is 11.3 Å². The van der Waals surface area contributed by atoms with Gasteiger partial charge in [-0.25, -0.2) is 19.2 Å². The van der Waals surface area contributed by atoms with Crippen LogP contribution >= 0.6 is 0 Å². The van der Waals surface area contributed by atoms with Crippen molar-refractivity contribution in [2.75, 3.05) is 16.4 Å². The van der Waals surface area contributed by atoms with Crippen molar-refractivity contribution in [1.82, 2.24) is 25.1 Å². The summed E-state index contributed by atoms with van der Waals surface area (Å²) >= 11 is 0. The SMILES string of the molecule is Cn1ncc(-c2ccnc(NC3CCC(NC(=O)Nc4ccccc4F)CC3)n2)c1N. The number of benzene rings is 1. The zero-order chi connectivity index (χ0) is 21.8. The van der Waals surface area contributed by atoms with E-state index in [9.17, 15) is 9.18 Å². The number of nitrogens with two attached hydrogens (primary N) is 1. The Morgan fingerprint density at radius 1 is 1.16 bits per heavy atom. The van der Waals surface area contributed by atoms with E-state index in [1.165, 1.54) is 12.1 Å². The number of aromatic nitrogens is 4. The fraction of sp³-hybridized carbons (Fsp3) is 0.333. The monoisotopic (exact) mass is 424 g/mol. The Bertz CT molecular complexity index is 1060. The van der Waals surface area contributed by atoms with Crippen molar-refractivity contribution in [2.45, 2.75) is 37.8 Å². The van der Waals surface area contributed by atoms with Crippen LogP contribution in [0.4, 0.5) is 26.6 Å². The van der Waals surface area contributed by atoms with Crippen molar-refractivity contribution < 1.29 is 9.18 Å². The lowest BCUT2D eigenvalue weighted by Crippen LogP contribution is -2.42. The number of hydrogen-bond donors (Lipinski definition) is 4. The molecule has 0 saturated heterocycles. The second-order valence-electron chi connectivity index (χ2n) is 7.60. The van der Waals surface area contributed by atoms with Crippen LogP contribution in [0.15, 0.2) is 42.7 Å². The van der Waals surface area contributed by atoms with Gasteiger partial charge >= 0.3 is 6.03 Å². The number of aryl methyl sites for hydroxylation is 1. The zero-order valence-electron chi connectivity index (χ0n) is 17.2. The minimum absolute atomic E-state index is 0.0345. The maximum Gasteiger partial charge on any atom is 0.319 e. The quantitative estimate of drug-likeness (QED) is 0.499. The summed E-state index contributed by atoms with van der Waals surface area (Å²) < 4.78 is 15.3. The van der Waals surface area contributed by atoms with Gasteiger partial charge in [-0.3, -0.25) is 4.68 Å². The molecule has 0 spiro atoms. The van der Waals surface area contributed by atoms with Gasteiger partial charge in [-0.05, 0) is 43.9 Å². The van der Waals surface area contributed by atoms with Gasteiger partial charge in [-0.2, -0.15) is 5.10 Å². The van der Waals surface area contributed by atoms with Crippen molar-refractivity contribution >= 4 is 23.5 Å². The van der Waals surface area contributed by atoms with Gasteiger partial charge in [0.25, 0.3) is 0 Å². The van der Waals surface area contributed by atoms with E-state index in [1.54, 1.807) is 42.3 Å². The Kier molecular flexibility index (Phi) is 5.96. The number of nitrogens with one attached hydrogen (secondary N) is 3. The predicted octanol–water partition coefficient (Wildman–Crippen LogP) is 3.14. The summed E-state index contributed by atoms with van der Waals surface area (Å²) in [6.07, 6.45) is 6.69. The fourth-order valence-corrected chi connectivity index (χ4v) is 3.69. The maximum absolute atomic E-state index is 13.7. The first-order valence-electron chi connectivity index (χ1n) is 10.2. The molecule has 9 nitrogen and oxygen atoms in total. The van der Waals surface area contributed by atoms with Gasteiger partial charge in [0, 0.05) is 25.3 Å². The molecule has 31 heavy (non-hydrogen) atoms. The number of para-hydroxylation sites is 1. The van der Waals surface area contributed by atoms with Crippen LogP contribution in [0.5, 0.6) is 0 Å². The molecule has 1 aliphatic carbocycles. The summed E-state index contributed by atoms with van der Waals surface area (Å²) in [6.45, 7) is 0. The average Bonchev–Trinajstić information content (AvgIpc) is 3.10. The smallest absolute Gasteiger partial charge is 0.319 e. The second-order valence-corrected chi connectivity index (χ2v) is 7.60. The van der Waals surface area contributed by atoms with Gasteiger partial charge in [-0.15, -0.1) is 0 Å². The highest BCUT2D eigenvalue weighted by Crippen LogP contribution is 2.25. The van der Waals surface area contributed by atoms with Crippen molar-refractivity contribution in [3.05, 3.63) is 48.5 Å². The molecule has 2 heterocycles. The minimum Gasteiger partial charge on any atom is -0.383 e. The number of anilines is 3. The number of rotatable bonds is 5. The molecule has 0 aliphatic heterocycles. The first kappa shape index (κ1) is 20.6. The normalized spacial score (nSPS) is 18.4. The standard InChI is InChI=1S/C21H25FN8O/c1-30-19(23)15(12-25-30)17-10-11-24-20(28-17)26-13-6-8-14(9-7-13)27-21(31)29-18-5-3-2-4-16(18)22/h2-5,10-14H,6-9,23H2,1H3,(H,24,26,28)(H2,27,29,31). The van der Waals surface area contributed by atoms with Crippen LogP contribution in [0, 0.1) is 5.82 Å².